The highest BCUT2D eigenvalue weighted by Gasteiger charge is 2.27. The number of ether oxygens (including phenoxy) is 3. The predicted molar refractivity (Wildman–Crippen MR) is 113 cm³/mol. The maximum atomic E-state index is 6.43. The molecule has 3 heteroatoms. The van der Waals surface area contributed by atoms with Crippen molar-refractivity contribution in [2.75, 3.05) is 13.2 Å². The summed E-state index contributed by atoms with van der Waals surface area (Å²) in [5.41, 5.74) is 0. The maximum absolute atomic E-state index is 6.43. The minimum atomic E-state index is 0.478. The number of unbranched alkanes of at least 4 members (excludes halogenated alkanes) is 2. The molecule has 0 heterocycles. The molecule has 27 heavy (non-hydrogen) atoms. The molecule has 0 aliphatic heterocycles. The van der Waals surface area contributed by atoms with Crippen LogP contribution in [0.25, 0.3) is 0 Å². The van der Waals surface area contributed by atoms with Gasteiger partial charge in [0.25, 0.3) is 0 Å². The molecule has 0 aromatic rings. The van der Waals surface area contributed by atoms with Gasteiger partial charge in [-0.25, -0.2) is 0 Å². The van der Waals surface area contributed by atoms with Crippen molar-refractivity contribution in [3.63, 3.8) is 0 Å². The summed E-state index contributed by atoms with van der Waals surface area (Å²) in [4.78, 5) is 0. The highest BCUT2D eigenvalue weighted by Crippen LogP contribution is 2.32. The van der Waals surface area contributed by atoms with Crippen molar-refractivity contribution in [2.45, 2.75) is 103 Å². The number of allylic oxidation sites excluding steroid dienone is 2. The van der Waals surface area contributed by atoms with Gasteiger partial charge in [0.2, 0.25) is 0 Å². The summed E-state index contributed by atoms with van der Waals surface area (Å²) >= 11 is 0. The van der Waals surface area contributed by atoms with Crippen molar-refractivity contribution in [3.05, 3.63) is 24.7 Å². The van der Waals surface area contributed by atoms with Crippen LogP contribution in [0.15, 0.2) is 24.7 Å². The zero-order valence-electron chi connectivity index (χ0n) is 17.7. The van der Waals surface area contributed by atoms with Gasteiger partial charge in [0, 0.05) is 0 Å². The third-order valence-corrected chi connectivity index (χ3v) is 5.93. The van der Waals surface area contributed by atoms with E-state index in [1.165, 1.54) is 64.2 Å². The first kappa shape index (κ1) is 22.3. The summed E-state index contributed by atoms with van der Waals surface area (Å²) in [6, 6.07) is 0. The van der Waals surface area contributed by atoms with E-state index in [-0.39, 0.29) is 0 Å². The van der Waals surface area contributed by atoms with Gasteiger partial charge >= 0.3 is 0 Å². The lowest BCUT2D eigenvalue weighted by Gasteiger charge is -2.34. The summed E-state index contributed by atoms with van der Waals surface area (Å²) in [5.74, 6) is 1.43. The Hall–Kier alpha value is -0.960. The summed E-state index contributed by atoms with van der Waals surface area (Å²) in [5, 5.41) is 0. The van der Waals surface area contributed by atoms with Crippen LogP contribution in [0.3, 0.4) is 0 Å². The summed E-state index contributed by atoms with van der Waals surface area (Å²) in [7, 11) is 0. The van der Waals surface area contributed by atoms with E-state index < -0.39 is 0 Å². The highest BCUT2D eigenvalue weighted by atomic mass is 16.5. The standard InChI is InChI=1S/C24H42O3/c1-3-5-7-17-25-19-21-9-13-23(14-10-21)27-24-15-11-22(12-16-24)20-26-18-8-6-4-2/h7-8,17-18,21-24H,3-6,9-16,19-20H2,1-2H3. The molecule has 0 aromatic heterocycles. The van der Waals surface area contributed by atoms with Crippen LogP contribution in [0.4, 0.5) is 0 Å². The van der Waals surface area contributed by atoms with Crippen molar-refractivity contribution in [1.82, 2.24) is 0 Å². The summed E-state index contributed by atoms with van der Waals surface area (Å²) in [6.45, 7) is 6.14. The molecular weight excluding hydrogens is 336 g/mol. The second-order valence-electron chi connectivity index (χ2n) is 8.41. The second-order valence-corrected chi connectivity index (χ2v) is 8.41. The SMILES string of the molecule is CCCC=COCC1CCC(OC2CCC(COC=CCCC)CC2)CC1. The van der Waals surface area contributed by atoms with E-state index in [0.717, 1.165) is 26.1 Å². The van der Waals surface area contributed by atoms with E-state index in [4.69, 9.17) is 14.2 Å². The van der Waals surface area contributed by atoms with Crippen LogP contribution < -0.4 is 0 Å². The smallest absolute Gasteiger partial charge is 0.0901 e. The Morgan fingerprint density at radius 3 is 1.41 bits per heavy atom. The Balaban J connectivity index is 1.51. The van der Waals surface area contributed by atoms with Gasteiger partial charge in [-0.3, -0.25) is 0 Å². The molecule has 0 bridgehead atoms. The van der Waals surface area contributed by atoms with Crippen molar-refractivity contribution >= 4 is 0 Å². The molecule has 156 valence electrons. The lowest BCUT2D eigenvalue weighted by atomic mass is 9.86. The van der Waals surface area contributed by atoms with Gasteiger partial charge in [0.1, 0.15) is 0 Å². The molecule has 0 aromatic carbocycles. The lowest BCUT2D eigenvalue weighted by Crippen LogP contribution is -2.31. The van der Waals surface area contributed by atoms with Crippen molar-refractivity contribution < 1.29 is 14.2 Å². The summed E-state index contributed by atoms with van der Waals surface area (Å²) in [6.07, 6.45) is 23.5. The van der Waals surface area contributed by atoms with Crippen LogP contribution in [-0.4, -0.2) is 25.4 Å². The van der Waals surface area contributed by atoms with E-state index in [9.17, 15) is 0 Å². The molecule has 2 aliphatic rings. The molecule has 0 unspecified atom stereocenters. The Morgan fingerprint density at radius 1 is 0.630 bits per heavy atom. The molecule has 0 spiro atoms. The molecule has 0 amide bonds. The quantitative estimate of drug-likeness (QED) is 0.350. The van der Waals surface area contributed by atoms with Crippen LogP contribution in [-0.2, 0) is 14.2 Å². The minimum Gasteiger partial charge on any atom is -0.501 e. The van der Waals surface area contributed by atoms with Gasteiger partial charge < -0.3 is 14.2 Å². The fourth-order valence-corrected chi connectivity index (χ4v) is 4.13. The Morgan fingerprint density at radius 2 is 1.04 bits per heavy atom. The highest BCUT2D eigenvalue weighted by molar-refractivity contribution is 4.79. The molecule has 2 aliphatic carbocycles. The van der Waals surface area contributed by atoms with Gasteiger partial charge in [0.15, 0.2) is 0 Å². The van der Waals surface area contributed by atoms with Crippen LogP contribution in [0.2, 0.25) is 0 Å². The maximum Gasteiger partial charge on any atom is 0.0901 e. The molecule has 0 atom stereocenters. The molecule has 2 rings (SSSR count). The van der Waals surface area contributed by atoms with Gasteiger partial charge in [-0.05, 0) is 88.2 Å². The molecule has 0 saturated heterocycles. The fraction of sp³-hybridized carbons (Fsp3) is 0.833. The minimum absolute atomic E-state index is 0.478. The normalized spacial score (nSPS) is 29.4. The zero-order valence-corrected chi connectivity index (χ0v) is 17.7. The third kappa shape index (κ3) is 9.69. The fourth-order valence-electron chi connectivity index (χ4n) is 4.13. The van der Waals surface area contributed by atoms with E-state index in [1.54, 1.807) is 0 Å². The average molecular weight is 379 g/mol. The molecular formula is C24H42O3. The first-order valence-electron chi connectivity index (χ1n) is 11.5. The molecule has 3 nitrogen and oxygen atoms in total. The summed E-state index contributed by atoms with van der Waals surface area (Å²) < 4.78 is 17.8. The van der Waals surface area contributed by atoms with E-state index >= 15 is 0 Å². The monoisotopic (exact) mass is 378 g/mol. The second kappa shape index (κ2) is 14.1. The van der Waals surface area contributed by atoms with Gasteiger partial charge in [-0.1, -0.05) is 26.7 Å². The van der Waals surface area contributed by atoms with Crippen LogP contribution in [0.5, 0.6) is 0 Å². The lowest BCUT2D eigenvalue weighted by molar-refractivity contribution is -0.0617. The number of hydrogen-bond donors (Lipinski definition) is 0. The van der Waals surface area contributed by atoms with Crippen molar-refractivity contribution in [3.8, 4) is 0 Å². The zero-order chi connectivity index (χ0) is 19.2. The van der Waals surface area contributed by atoms with Crippen LogP contribution >= 0.6 is 0 Å². The predicted octanol–water partition coefficient (Wildman–Crippen LogP) is 6.78. The third-order valence-electron chi connectivity index (χ3n) is 5.93. The van der Waals surface area contributed by atoms with Gasteiger partial charge in [0.05, 0.1) is 37.9 Å². The van der Waals surface area contributed by atoms with Gasteiger partial charge in [-0.15, -0.1) is 0 Å². The molecule has 2 fully saturated rings. The van der Waals surface area contributed by atoms with E-state index in [0.29, 0.717) is 24.0 Å². The molecule has 2 saturated carbocycles. The van der Waals surface area contributed by atoms with Crippen molar-refractivity contribution in [1.29, 1.82) is 0 Å². The Labute approximate surface area is 167 Å². The van der Waals surface area contributed by atoms with Crippen molar-refractivity contribution in [2.24, 2.45) is 11.8 Å². The topological polar surface area (TPSA) is 27.7 Å². The van der Waals surface area contributed by atoms with Crippen LogP contribution in [0, 0.1) is 11.8 Å². The van der Waals surface area contributed by atoms with Crippen LogP contribution in [0.1, 0.15) is 90.9 Å². The molecule has 0 radical (unpaired) electrons. The molecule has 0 N–H and O–H groups in total. The average Bonchev–Trinajstić information content (AvgIpc) is 2.70. The Kier molecular flexibility index (Phi) is 11.7. The van der Waals surface area contributed by atoms with E-state index in [1.807, 2.05) is 12.5 Å². The Bertz CT molecular complexity index is 364. The number of rotatable bonds is 12. The van der Waals surface area contributed by atoms with Gasteiger partial charge in [-0.2, -0.15) is 0 Å². The van der Waals surface area contributed by atoms with E-state index in [2.05, 4.69) is 26.0 Å². The first-order chi connectivity index (χ1) is 13.3. The largest absolute Gasteiger partial charge is 0.501 e. The number of hydrogen-bond acceptors (Lipinski definition) is 3. The first-order valence-corrected chi connectivity index (χ1v) is 11.5.